The fourth-order valence-electron chi connectivity index (χ4n) is 3.26. The normalized spacial score (nSPS) is 11.0. The number of aromatic nitrogens is 2. The van der Waals surface area contributed by atoms with Gasteiger partial charge >= 0.3 is 5.97 Å². The number of ether oxygens (including phenoxy) is 1. The van der Waals surface area contributed by atoms with E-state index in [4.69, 9.17) is 17.0 Å². The lowest BCUT2D eigenvalue weighted by molar-refractivity contribution is 0.0528. The number of nitriles is 1. The molecule has 9 nitrogen and oxygen atoms in total. The van der Waals surface area contributed by atoms with Gasteiger partial charge in [0, 0.05) is 30.4 Å². The van der Waals surface area contributed by atoms with E-state index in [0.29, 0.717) is 21.9 Å². The second-order valence-corrected chi connectivity index (χ2v) is 9.09. The first-order valence-corrected chi connectivity index (χ1v) is 12.4. The number of carbonyl (C=O) groups excluding carboxylic acids is 1. The summed E-state index contributed by atoms with van der Waals surface area (Å²) < 4.78 is 8.64. The summed E-state index contributed by atoms with van der Waals surface area (Å²) in [6, 6.07) is 9.09. The first kappa shape index (κ1) is 25.4. The van der Waals surface area contributed by atoms with Crippen LogP contribution in [0.1, 0.15) is 31.1 Å². The minimum Gasteiger partial charge on any atom is -0.493 e. The minimum atomic E-state index is -0.629. The molecule has 0 spiro atoms. The summed E-state index contributed by atoms with van der Waals surface area (Å²) in [5.74, 6) is -1.04. The Kier molecular flexibility index (Phi) is 8.38. The highest BCUT2D eigenvalue weighted by molar-refractivity contribution is 8.05. The number of thioether (sulfide) groups is 1. The quantitative estimate of drug-likeness (QED) is 0.128. The van der Waals surface area contributed by atoms with Gasteiger partial charge in [-0.2, -0.15) is 5.26 Å². The largest absolute Gasteiger partial charge is 0.493 e. The van der Waals surface area contributed by atoms with E-state index in [-0.39, 0.29) is 34.2 Å². The highest BCUT2D eigenvalue weighted by atomic mass is 32.2. The molecule has 0 radical (unpaired) electrons. The summed E-state index contributed by atoms with van der Waals surface area (Å²) in [4.78, 5) is 25.8. The molecule has 0 amide bonds. The number of nitrogens with zero attached hydrogens (tertiary/aromatic N) is 5. The Hall–Kier alpha value is -3.27. The molecular formula is C22H21N5O4S3. The van der Waals surface area contributed by atoms with Gasteiger partial charge in [0.15, 0.2) is 9.77 Å². The maximum absolute atomic E-state index is 12.9. The van der Waals surface area contributed by atoms with E-state index in [1.54, 1.807) is 20.8 Å². The van der Waals surface area contributed by atoms with Gasteiger partial charge in [-0.25, -0.2) is 4.79 Å². The maximum atomic E-state index is 12.9. The third-order valence-electron chi connectivity index (χ3n) is 4.79. The minimum absolute atomic E-state index is 0.137. The van der Waals surface area contributed by atoms with Crippen LogP contribution < -0.4 is 5.56 Å². The van der Waals surface area contributed by atoms with Crippen LogP contribution >= 0.6 is 35.3 Å². The molecule has 3 rings (SSSR count). The summed E-state index contributed by atoms with van der Waals surface area (Å²) in [7, 11) is 0. The van der Waals surface area contributed by atoms with Crippen molar-refractivity contribution in [3.63, 3.8) is 0 Å². The molecule has 0 saturated heterocycles. The smallest absolute Gasteiger partial charge is 0.341 e. The number of rotatable bonds is 8. The SMILES string of the molecule is CCOC(=O)c1c(N=Nc2c(O)n(CC)c(=S)n(CC)c2=O)sc(SC#N)c1-c1ccccc1. The molecular weight excluding hydrogens is 494 g/mol. The van der Waals surface area contributed by atoms with Crippen LogP contribution in [-0.4, -0.2) is 26.8 Å². The van der Waals surface area contributed by atoms with Gasteiger partial charge in [-0.15, -0.1) is 21.6 Å². The molecule has 0 aliphatic rings. The second-order valence-electron chi connectivity index (χ2n) is 6.67. The monoisotopic (exact) mass is 515 g/mol. The van der Waals surface area contributed by atoms with E-state index in [9.17, 15) is 20.0 Å². The number of thiocyanates is 1. The van der Waals surface area contributed by atoms with Gasteiger partial charge in [-0.3, -0.25) is 13.9 Å². The number of azo groups is 1. The van der Waals surface area contributed by atoms with Gasteiger partial charge in [0.2, 0.25) is 11.6 Å². The predicted molar refractivity (Wildman–Crippen MR) is 134 cm³/mol. The van der Waals surface area contributed by atoms with Crippen molar-refractivity contribution in [2.75, 3.05) is 6.61 Å². The van der Waals surface area contributed by atoms with Crippen molar-refractivity contribution >= 4 is 52.0 Å². The van der Waals surface area contributed by atoms with E-state index in [2.05, 4.69) is 10.2 Å². The molecule has 0 saturated carbocycles. The first-order valence-electron chi connectivity index (χ1n) is 10.3. The second kappa shape index (κ2) is 11.2. The summed E-state index contributed by atoms with van der Waals surface area (Å²) in [6.45, 7) is 5.96. The third-order valence-corrected chi connectivity index (χ3v) is 7.08. The fraction of sp³-hybridized carbons (Fsp3) is 0.273. The third kappa shape index (κ3) is 4.82. The molecule has 0 atom stereocenters. The van der Waals surface area contributed by atoms with Crippen LogP contribution in [0.25, 0.3) is 11.1 Å². The zero-order chi connectivity index (χ0) is 24.8. The van der Waals surface area contributed by atoms with Gasteiger partial charge in [0.1, 0.15) is 11.0 Å². The van der Waals surface area contributed by atoms with Gasteiger partial charge in [0.05, 0.1) is 10.8 Å². The average molecular weight is 516 g/mol. The van der Waals surface area contributed by atoms with Crippen LogP contribution in [0, 0.1) is 15.4 Å². The van der Waals surface area contributed by atoms with Crippen LogP contribution in [-0.2, 0) is 17.8 Å². The van der Waals surface area contributed by atoms with Gasteiger partial charge in [0.25, 0.3) is 5.56 Å². The average Bonchev–Trinajstić information content (AvgIpc) is 3.18. The number of carbonyl (C=O) groups is 1. The Balaban J connectivity index is 2.28. The Bertz CT molecular complexity index is 1400. The molecule has 0 aliphatic heterocycles. The lowest BCUT2D eigenvalue weighted by atomic mass is 10.0. The lowest BCUT2D eigenvalue weighted by Crippen LogP contribution is -2.24. The van der Waals surface area contributed by atoms with Crippen LogP contribution in [0.4, 0.5) is 10.7 Å². The molecule has 12 heteroatoms. The highest BCUT2D eigenvalue weighted by Gasteiger charge is 2.27. The van der Waals surface area contributed by atoms with Gasteiger partial charge in [-0.05, 0) is 38.6 Å². The van der Waals surface area contributed by atoms with E-state index >= 15 is 0 Å². The van der Waals surface area contributed by atoms with E-state index in [1.165, 1.54) is 9.13 Å². The highest BCUT2D eigenvalue weighted by Crippen LogP contribution is 2.47. The van der Waals surface area contributed by atoms with Crippen molar-refractivity contribution in [3.8, 4) is 22.4 Å². The van der Waals surface area contributed by atoms with Gasteiger partial charge < -0.3 is 9.84 Å². The number of benzene rings is 1. The molecule has 176 valence electrons. The molecule has 1 N–H and O–H groups in total. The van der Waals surface area contributed by atoms with Crippen molar-refractivity contribution in [2.45, 2.75) is 38.1 Å². The van der Waals surface area contributed by atoms with Crippen LogP contribution in [0.15, 0.2) is 49.6 Å². The van der Waals surface area contributed by atoms with E-state index in [1.807, 2.05) is 35.7 Å². The predicted octanol–water partition coefficient (Wildman–Crippen LogP) is 6.02. The Morgan fingerprint density at radius 3 is 2.47 bits per heavy atom. The zero-order valence-electron chi connectivity index (χ0n) is 18.6. The van der Waals surface area contributed by atoms with Crippen LogP contribution in [0.3, 0.4) is 0 Å². The number of esters is 1. The van der Waals surface area contributed by atoms with Crippen molar-refractivity contribution in [1.82, 2.24) is 9.13 Å². The summed E-state index contributed by atoms with van der Waals surface area (Å²) in [5.41, 5.74) is 0.456. The topological polar surface area (TPSA) is 122 Å². The molecule has 3 aromatic rings. The van der Waals surface area contributed by atoms with Gasteiger partial charge in [-0.1, -0.05) is 30.3 Å². The first-order chi connectivity index (χ1) is 16.4. The summed E-state index contributed by atoms with van der Waals surface area (Å²) in [5, 5.41) is 30.3. The van der Waals surface area contributed by atoms with E-state index < -0.39 is 17.4 Å². The van der Waals surface area contributed by atoms with Crippen molar-refractivity contribution < 1.29 is 14.6 Å². The summed E-state index contributed by atoms with van der Waals surface area (Å²) >= 11 is 7.26. The van der Waals surface area contributed by atoms with E-state index in [0.717, 1.165) is 23.1 Å². The number of aromatic hydroxyl groups is 1. The number of hydrogen-bond acceptors (Lipinski definition) is 10. The molecule has 0 unspecified atom stereocenters. The number of hydrogen-bond donors (Lipinski definition) is 1. The summed E-state index contributed by atoms with van der Waals surface area (Å²) in [6.07, 6.45) is 0. The zero-order valence-corrected chi connectivity index (χ0v) is 21.1. The number of thiophene rings is 1. The maximum Gasteiger partial charge on any atom is 0.341 e. The Morgan fingerprint density at radius 2 is 1.88 bits per heavy atom. The van der Waals surface area contributed by atoms with Crippen molar-refractivity contribution in [1.29, 1.82) is 5.26 Å². The molecule has 2 heterocycles. The standard InChI is InChI=1S/C22H21N5O4S3/c1-4-26-18(28)16(19(29)27(5-2)22(26)32)24-25-17-15(20(30)31-6-3)14(21(34-17)33-12-23)13-10-8-7-9-11-13/h7-11,28H,4-6H2,1-3H3. The van der Waals surface area contributed by atoms with Crippen molar-refractivity contribution in [3.05, 3.63) is 51.0 Å². The van der Waals surface area contributed by atoms with Crippen LogP contribution in [0.2, 0.25) is 0 Å². The Labute approximate surface area is 209 Å². The fourth-order valence-corrected chi connectivity index (χ4v) is 5.48. The molecule has 2 aromatic heterocycles. The molecule has 0 fully saturated rings. The molecule has 0 bridgehead atoms. The van der Waals surface area contributed by atoms with Crippen LogP contribution in [0.5, 0.6) is 5.88 Å². The molecule has 34 heavy (non-hydrogen) atoms. The lowest BCUT2D eigenvalue weighted by Gasteiger charge is -2.12. The molecule has 0 aliphatic carbocycles. The Morgan fingerprint density at radius 1 is 1.21 bits per heavy atom. The van der Waals surface area contributed by atoms with Crippen molar-refractivity contribution in [2.24, 2.45) is 10.2 Å². The molecule has 1 aromatic carbocycles.